The maximum Gasteiger partial charge on any atom is 0.325 e. The first-order valence-electron chi connectivity index (χ1n) is 11.5. The van der Waals surface area contributed by atoms with Crippen molar-refractivity contribution in [3.8, 4) is 5.75 Å². The molecule has 2 aliphatic heterocycles. The molecule has 8 nitrogen and oxygen atoms in total. The molecule has 3 aromatic rings. The number of carbonyl (C=O) groups excluding carboxylic acids is 3. The maximum absolute atomic E-state index is 13.9. The zero-order chi connectivity index (χ0) is 24.4. The molecule has 35 heavy (non-hydrogen) atoms. The molecule has 9 heteroatoms. The van der Waals surface area contributed by atoms with Crippen LogP contribution in [-0.4, -0.2) is 52.8 Å². The Bertz CT molecular complexity index is 1230. The Morgan fingerprint density at radius 2 is 1.97 bits per heavy atom. The van der Waals surface area contributed by atoms with Gasteiger partial charge >= 0.3 is 6.03 Å². The summed E-state index contributed by atoms with van der Waals surface area (Å²) in [4.78, 5) is 47.5. The molecule has 1 aromatic carbocycles. The van der Waals surface area contributed by atoms with Crippen molar-refractivity contribution in [1.82, 2.24) is 20.1 Å². The van der Waals surface area contributed by atoms with E-state index in [0.717, 1.165) is 5.56 Å². The van der Waals surface area contributed by atoms with Crippen LogP contribution in [0, 0.1) is 5.92 Å². The Kier molecular flexibility index (Phi) is 6.25. The van der Waals surface area contributed by atoms with E-state index in [-0.39, 0.29) is 24.3 Å². The Morgan fingerprint density at radius 3 is 2.66 bits per heavy atom. The largest absolute Gasteiger partial charge is 0.496 e. The molecule has 5 rings (SSSR count). The number of piperidine rings is 1. The van der Waals surface area contributed by atoms with Gasteiger partial charge in [0, 0.05) is 31.0 Å². The number of para-hydroxylation sites is 1. The summed E-state index contributed by atoms with van der Waals surface area (Å²) < 4.78 is 5.36. The first kappa shape index (κ1) is 23.0. The van der Waals surface area contributed by atoms with Gasteiger partial charge in [-0.3, -0.25) is 19.5 Å². The summed E-state index contributed by atoms with van der Waals surface area (Å²) in [5.41, 5.74) is 0.891. The summed E-state index contributed by atoms with van der Waals surface area (Å²) in [7, 11) is 1.55. The second kappa shape index (κ2) is 9.50. The van der Waals surface area contributed by atoms with E-state index in [4.69, 9.17) is 4.74 Å². The number of amides is 4. The van der Waals surface area contributed by atoms with Gasteiger partial charge < -0.3 is 15.0 Å². The summed E-state index contributed by atoms with van der Waals surface area (Å²) in [5.74, 6) is -0.0143. The average molecular weight is 491 g/mol. The quantitative estimate of drug-likeness (QED) is 0.533. The second-order valence-electron chi connectivity index (χ2n) is 8.77. The van der Waals surface area contributed by atoms with Crippen molar-refractivity contribution in [3.63, 3.8) is 0 Å². The monoisotopic (exact) mass is 490 g/mol. The van der Waals surface area contributed by atoms with Crippen molar-refractivity contribution in [3.05, 3.63) is 82.3 Å². The van der Waals surface area contributed by atoms with Crippen LogP contribution < -0.4 is 10.1 Å². The van der Waals surface area contributed by atoms with E-state index < -0.39 is 11.6 Å². The number of aromatic nitrogens is 1. The number of imide groups is 1. The summed E-state index contributed by atoms with van der Waals surface area (Å²) >= 11 is 1.53. The van der Waals surface area contributed by atoms with Gasteiger partial charge in [-0.15, -0.1) is 0 Å². The van der Waals surface area contributed by atoms with Crippen LogP contribution in [0.15, 0.2) is 65.6 Å². The van der Waals surface area contributed by atoms with E-state index in [2.05, 4.69) is 10.3 Å². The van der Waals surface area contributed by atoms with Gasteiger partial charge in [0.1, 0.15) is 5.75 Å². The second-order valence-corrected chi connectivity index (χ2v) is 9.55. The van der Waals surface area contributed by atoms with E-state index in [1.54, 1.807) is 42.6 Å². The fourth-order valence-electron chi connectivity index (χ4n) is 5.11. The highest BCUT2D eigenvalue weighted by molar-refractivity contribution is 7.07. The van der Waals surface area contributed by atoms with Crippen LogP contribution >= 0.6 is 11.3 Å². The zero-order valence-electron chi connectivity index (χ0n) is 19.3. The van der Waals surface area contributed by atoms with Crippen molar-refractivity contribution in [1.29, 1.82) is 0 Å². The van der Waals surface area contributed by atoms with E-state index in [9.17, 15) is 14.4 Å². The van der Waals surface area contributed by atoms with Gasteiger partial charge in [-0.25, -0.2) is 4.79 Å². The molecule has 0 radical (unpaired) electrons. The number of hydrogen-bond donors (Lipinski definition) is 1. The minimum Gasteiger partial charge on any atom is -0.496 e. The van der Waals surface area contributed by atoms with Crippen LogP contribution in [0.5, 0.6) is 5.75 Å². The van der Waals surface area contributed by atoms with Crippen molar-refractivity contribution < 1.29 is 19.1 Å². The standard InChI is InChI=1S/C26H26N4O4S/c1-34-22-7-3-2-6-21(22)23(31)29-12-8-19(9-13-29)26(20-5-4-11-27-15-20)24(32)30(25(33)28-26)16-18-10-14-35-17-18/h2-7,10-11,14-15,17,19H,8-9,12-13,16H2,1H3,(H,28,33). The number of rotatable bonds is 6. The summed E-state index contributed by atoms with van der Waals surface area (Å²) in [6.45, 7) is 1.16. The third-order valence-electron chi connectivity index (χ3n) is 6.90. The van der Waals surface area contributed by atoms with Gasteiger partial charge in [-0.1, -0.05) is 18.2 Å². The highest BCUT2D eigenvalue weighted by atomic mass is 32.1. The molecule has 1 atom stereocenters. The van der Waals surface area contributed by atoms with E-state index in [1.807, 2.05) is 35.0 Å². The smallest absolute Gasteiger partial charge is 0.325 e. The SMILES string of the molecule is COc1ccccc1C(=O)N1CCC(C2(c3cccnc3)NC(=O)N(Cc3ccsc3)C2=O)CC1. The Hall–Kier alpha value is -3.72. The van der Waals surface area contributed by atoms with Crippen LogP contribution in [0.2, 0.25) is 0 Å². The number of likely N-dealkylation sites (tertiary alicyclic amines) is 1. The minimum absolute atomic E-state index is 0.0998. The molecule has 2 saturated heterocycles. The third kappa shape index (κ3) is 4.05. The summed E-state index contributed by atoms with van der Waals surface area (Å²) in [6.07, 6.45) is 4.43. The Morgan fingerprint density at radius 1 is 1.17 bits per heavy atom. The average Bonchev–Trinajstić information content (AvgIpc) is 3.51. The van der Waals surface area contributed by atoms with Crippen molar-refractivity contribution in [2.45, 2.75) is 24.9 Å². The number of nitrogens with zero attached hydrogens (tertiary/aromatic N) is 3. The predicted molar refractivity (Wildman–Crippen MR) is 131 cm³/mol. The highest BCUT2D eigenvalue weighted by Gasteiger charge is 2.57. The molecule has 1 unspecified atom stereocenters. The predicted octanol–water partition coefficient (Wildman–Crippen LogP) is 3.65. The number of nitrogens with one attached hydrogen (secondary N) is 1. The minimum atomic E-state index is -1.21. The number of thiophene rings is 1. The maximum atomic E-state index is 13.9. The summed E-state index contributed by atoms with van der Waals surface area (Å²) in [6, 6.07) is 12.3. The zero-order valence-corrected chi connectivity index (χ0v) is 20.2. The lowest BCUT2D eigenvalue weighted by Crippen LogP contribution is -2.54. The van der Waals surface area contributed by atoms with Gasteiger partial charge in [0.2, 0.25) is 0 Å². The van der Waals surface area contributed by atoms with Crippen molar-refractivity contribution in [2.24, 2.45) is 5.92 Å². The van der Waals surface area contributed by atoms with Gasteiger partial charge in [-0.05, 0) is 59.3 Å². The van der Waals surface area contributed by atoms with Gasteiger partial charge in [-0.2, -0.15) is 11.3 Å². The molecule has 1 N–H and O–H groups in total. The highest BCUT2D eigenvalue weighted by Crippen LogP contribution is 2.42. The number of methoxy groups -OCH3 is 1. The molecule has 180 valence electrons. The molecular weight excluding hydrogens is 464 g/mol. The molecule has 0 bridgehead atoms. The van der Waals surface area contributed by atoms with Gasteiger partial charge in [0.25, 0.3) is 11.8 Å². The third-order valence-corrected chi connectivity index (χ3v) is 7.63. The van der Waals surface area contributed by atoms with Gasteiger partial charge in [0.15, 0.2) is 5.54 Å². The molecule has 2 aromatic heterocycles. The number of urea groups is 1. The number of carbonyl (C=O) groups is 3. The fraction of sp³-hybridized carbons (Fsp3) is 0.308. The molecule has 4 heterocycles. The van der Waals surface area contributed by atoms with Crippen LogP contribution in [-0.2, 0) is 16.9 Å². The molecule has 4 amide bonds. The first-order chi connectivity index (χ1) is 17.0. The van der Waals surface area contributed by atoms with Crippen LogP contribution in [0.1, 0.15) is 34.3 Å². The van der Waals surface area contributed by atoms with Crippen LogP contribution in [0.4, 0.5) is 4.79 Å². The van der Waals surface area contributed by atoms with E-state index >= 15 is 0 Å². The Balaban J connectivity index is 1.40. The molecule has 2 fully saturated rings. The molecule has 2 aliphatic rings. The van der Waals surface area contributed by atoms with Gasteiger partial charge in [0.05, 0.1) is 19.2 Å². The first-order valence-corrected chi connectivity index (χ1v) is 12.5. The molecule has 0 saturated carbocycles. The lowest BCUT2D eigenvalue weighted by Gasteiger charge is -2.41. The Labute approximate surface area is 207 Å². The summed E-state index contributed by atoms with van der Waals surface area (Å²) in [5, 5.41) is 6.90. The van der Waals surface area contributed by atoms with E-state index in [0.29, 0.717) is 42.8 Å². The van der Waals surface area contributed by atoms with Crippen molar-refractivity contribution in [2.75, 3.05) is 20.2 Å². The lowest BCUT2D eigenvalue weighted by molar-refractivity contribution is -0.134. The van der Waals surface area contributed by atoms with Crippen LogP contribution in [0.25, 0.3) is 0 Å². The molecule has 0 aliphatic carbocycles. The number of benzene rings is 1. The molecular formula is C26H26N4O4S. The molecule has 0 spiro atoms. The number of hydrogen-bond acceptors (Lipinski definition) is 6. The fourth-order valence-corrected chi connectivity index (χ4v) is 5.77. The normalized spacial score (nSPS) is 20.7. The topological polar surface area (TPSA) is 91.8 Å². The van der Waals surface area contributed by atoms with Crippen molar-refractivity contribution >= 4 is 29.2 Å². The number of ether oxygens (including phenoxy) is 1. The lowest BCUT2D eigenvalue weighted by atomic mass is 9.73. The van der Waals surface area contributed by atoms with Crippen LogP contribution in [0.3, 0.4) is 0 Å². The number of pyridine rings is 1. The van der Waals surface area contributed by atoms with E-state index in [1.165, 1.54) is 16.2 Å².